The van der Waals surface area contributed by atoms with Gasteiger partial charge in [-0.3, -0.25) is 4.79 Å². The van der Waals surface area contributed by atoms with Crippen LogP contribution >= 0.6 is 0 Å². The molecule has 1 aliphatic rings. The molecule has 0 saturated heterocycles. The lowest BCUT2D eigenvalue weighted by Gasteiger charge is -2.12. The van der Waals surface area contributed by atoms with Crippen molar-refractivity contribution in [2.45, 2.75) is 33.1 Å². The number of carbonyl (C=O) groups is 1. The number of carbonyl (C=O) groups excluding carboxylic acids is 1. The van der Waals surface area contributed by atoms with Gasteiger partial charge in [0.2, 0.25) is 0 Å². The molecule has 0 spiro atoms. The van der Waals surface area contributed by atoms with Gasteiger partial charge in [0.15, 0.2) is 0 Å². The van der Waals surface area contributed by atoms with E-state index in [-0.39, 0.29) is 11.7 Å². The van der Waals surface area contributed by atoms with Crippen LogP contribution in [0, 0.1) is 24.6 Å². The summed E-state index contributed by atoms with van der Waals surface area (Å²) in [7, 11) is 0. The summed E-state index contributed by atoms with van der Waals surface area (Å²) in [6, 6.07) is 4.28. The molecule has 1 N–H and O–H groups in total. The van der Waals surface area contributed by atoms with Gasteiger partial charge in [0.1, 0.15) is 5.82 Å². The molecular weight excluding hydrogens is 229 g/mol. The number of hydrogen-bond acceptors (Lipinski definition) is 1. The summed E-state index contributed by atoms with van der Waals surface area (Å²) < 4.78 is 13.0. The van der Waals surface area contributed by atoms with E-state index in [1.165, 1.54) is 31.4 Å². The second kappa shape index (κ2) is 5.51. The van der Waals surface area contributed by atoms with Crippen LogP contribution in [0.1, 0.15) is 42.1 Å². The minimum Gasteiger partial charge on any atom is -0.352 e. The fraction of sp³-hybridized carbons (Fsp3) is 0.533. The van der Waals surface area contributed by atoms with Crippen molar-refractivity contribution in [2.24, 2.45) is 11.8 Å². The number of nitrogens with one attached hydrogen (secondary N) is 1. The average molecular weight is 249 g/mol. The molecule has 1 fully saturated rings. The molecule has 1 amide bonds. The third-order valence-electron chi connectivity index (χ3n) is 3.79. The maximum atomic E-state index is 13.0. The van der Waals surface area contributed by atoms with Crippen LogP contribution in [0.15, 0.2) is 18.2 Å². The fourth-order valence-corrected chi connectivity index (χ4v) is 2.72. The molecule has 18 heavy (non-hydrogen) atoms. The molecular formula is C15H20FNO. The summed E-state index contributed by atoms with van der Waals surface area (Å²) in [6.07, 6.45) is 3.66. The quantitative estimate of drug-likeness (QED) is 0.875. The van der Waals surface area contributed by atoms with Crippen LogP contribution in [-0.2, 0) is 0 Å². The van der Waals surface area contributed by atoms with Crippen molar-refractivity contribution >= 4 is 5.91 Å². The topological polar surface area (TPSA) is 29.1 Å². The van der Waals surface area contributed by atoms with Gasteiger partial charge in [-0.2, -0.15) is 0 Å². The van der Waals surface area contributed by atoms with E-state index in [1.54, 1.807) is 13.0 Å². The number of halogens is 1. The largest absolute Gasteiger partial charge is 0.352 e. The van der Waals surface area contributed by atoms with E-state index in [9.17, 15) is 9.18 Å². The predicted molar refractivity (Wildman–Crippen MR) is 70.0 cm³/mol. The SMILES string of the molecule is Cc1cc(F)ccc1C(=O)NCC1CCC(C)C1. The first-order chi connectivity index (χ1) is 8.56. The predicted octanol–water partition coefficient (Wildman–Crippen LogP) is 3.30. The van der Waals surface area contributed by atoms with Crippen LogP contribution in [0.2, 0.25) is 0 Å². The van der Waals surface area contributed by atoms with Crippen LogP contribution in [0.5, 0.6) is 0 Å². The highest BCUT2D eigenvalue weighted by molar-refractivity contribution is 5.95. The number of rotatable bonds is 3. The number of benzene rings is 1. The molecule has 2 atom stereocenters. The summed E-state index contributed by atoms with van der Waals surface area (Å²) in [4.78, 5) is 12.0. The van der Waals surface area contributed by atoms with Gasteiger partial charge in [-0.25, -0.2) is 4.39 Å². The van der Waals surface area contributed by atoms with Gasteiger partial charge in [-0.05, 0) is 55.4 Å². The Kier molecular flexibility index (Phi) is 4.00. The molecule has 0 radical (unpaired) electrons. The highest BCUT2D eigenvalue weighted by Crippen LogP contribution is 2.29. The third-order valence-corrected chi connectivity index (χ3v) is 3.79. The summed E-state index contributed by atoms with van der Waals surface area (Å²) in [6.45, 7) is 4.75. The van der Waals surface area contributed by atoms with Crippen LogP contribution < -0.4 is 5.32 Å². The molecule has 2 nitrogen and oxygen atoms in total. The second-order valence-electron chi connectivity index (χ2n) is 5.45. The highest BCUT2D eigenvalue weighted by atomic mass is 19.1. The molecule has 2 rings (SSSR count). The normalized spacial score (nSPS) is 23.1. The molecule has 0 aromatic heterocycles. The second-order valence-corrected chi connectivity index (χ2v) is 5.45. The smallest absolute Gasteiger partial charge is 0.251 e. The van der Waals surface area contributed by atoms with E-state index >= 15 is 0 Å². The lowest BCUT2D eigenvalue weighted by atomic mass is 10.1. The van der Waals surface area contributed by atoms with Gasteiger partial charge in [-0.15, -0.1) is 0 Å². The van der Waals surface area contributed by atoms with E-state index in [0.29, 0.717) is 17.0 Å². The highest BCUT2D eigenvalue weighted by Gasteiger charge is 2.21. The number of hydrogen-bond donors (Lipinski definition) is 1. The molecule has 0 aliphatic heterocycles. The Morgan fingerprint density at radius 1 is 1.44 bits per heavy atom. The first-order valence-corrected chi connectivity index (χ1v) is 6.60. The molecule has 0 heterocycles. The van der Waals surface area contributed by atoms with E-state index in [4.69, 9.17) is 0 Å². The minimum atomic E-state index is -0.298. The monoisotopic (exact) mass is 249 g/mol. The first-order valence-electron chi connectivity index (χ1n) is 6.60. The standard InChI is InChI=1S/C15H20FNO/c1-10-3-4-12(7-10)9-17-15(18)14-6-5-13(16)8-11(14)2/h5-6,8,10,12H,3-4,7,9H2,1-2H3,(H,17,18). The van der Waals surface area contributed by atoms with E-state index in [1.807, 2.05) is 0 Å². The number of amides is 1. The lowest BCUT2D eigenvalue weighted by Crippen LogP contribution is -2.29. The Morgan fingerprint density at radius 2 is 2.22 bits per heavy atom. The summed E-state index contributed by atoms with van der Waals surface area (Å²) >= 11 is 0. The molecule has 2 unspecified atom stereocenters. The van der Waals surface area contributed by atoms with Crippen molar-refractivity contribution in [1.29, 1.82) is 0 Å². The van der Waals surface area contributed by atoms with Crippen molar-refractivity contribution < 1.29 is 9.18 Å². The van der Waals surface area contributed by atoms with Gasteiger partial charge >= 0.3 is 0 Å². The van der Waals surface area contributed by atoms with Crippen molar-refractivity contribution in [2.75, 3.05) is 6.54 Å². The maximum absolute atomic E-state index is 13.0. The molecule has 1 aromatic carbocycles. The van der Waals surface area contributed by atoms with Crippen molar-refractivity contribution in [3.05, 3.63) is 35.1 Å². The van der Waals surface area contributed by atoms with Crippen molar-refractivity contribution in [3.8, 4) is 0 Å². The van der Waals surface area contributed by atoms with Crippen LogP contribution in [0.3, 0.4) is 0 Å². The lowest BCUT2D eigenvalue weighted by molar-refractivity contribution is 0.0946. The Bertz CT molecular complexity index is 444. The van der Waals surface area contributed by atoms with Gasteiger partial charge in [0.25, 0.3) is 5.91 Å². The zero-order valence-electron chi connectivity index (χ0n) is 11.0. The van der Waals surface area contributed by atoms with Crippen LogP contribution in [0.4, 0.5) is 4.39 Å². The van der Waals surface area contributed by atoms with Crippen molar-refractivity contribution in [3.63, 3.8) is 0 Å². The van der Waals surface area contributed by atoms with E-state index < -0.39 is 0 Å². The molecule has 1 saturated carbocycles. The molecule has 0 bridgehead atoms. The van der Waals surface area contributed by atoms with Gasteiger partial charge in [0, 0.05) is 12.1 Å². The van der Waals surface area contributed by atoms with Gasteiger partial charge < -0.3 is 5.32 Å². The summed E-state index contributed by atoms with van der Waals surface area (Å²) in [5, 5.41) is 2.96. The Morgan fingerprint density at radius 3 is 2.83 bits per heavy atom. The Balaban J connectivity index is 1.91. The number of aryl methyl sites for hydroxylation is 1. The molecule has 3 heteroatoms. The van der Waals surface area contributed by atoms with Crippen LogP contribution in [-0.4, -0.2) is 12.5 Å². The summed E-state index contributed by atoms with van der Waals surface area (Å²) in [5.41, 5.74) is 1.26. The van der Waals surface area contributed by atoms with Gasteiger partial charge in [-0.1, -0.05) is 13.3 Å². The maximum Gasteiger partial charge on any atom is 0.251 e. The molecule has 1 aromatic rings. The van der Waals surface area contributed by atoms with Gasteiger partial charge in [0.05, 0.1) is 0 Å². The zero-order chi connectivity index (χ0) is 13.1. The average Bonchev–Trinajstić information content (AvgIpc) is 2.72. The fourth-order valence-electron chi connectivity index (χ4n) is 2.72. The first kappa shape index (κ1) is 13.1. The Hall–Kier alpha value is -1.38. The van der Waals surface area contributed by atoms with E-state index in [0.717, 1.165) is 12.5 Å². The Labute approximate surface area is 108 Å². The zero-order valence-corrected chi connectivity index (χ0v) is 11.0. The van der Waals surface area contributed by atoms with E-state index in [2.05, 4.69) is 12.2 Å². The van der Waals surface area contributed by atoms with Crippen LogP contribution in [0.25, 0.3) is 0 Å². The third kappa shape index (κ3) is 3.09. The summed E-state index contributed by atoms with van der Waals surface area (Å²) in [5.74, 6) is 0.991. The molecule has 1 aliphatic carbocycles. The molecule has 98 valence electrons. The van der Waals surface area contributed by atoms with Crippen molar-refractivity contribution in [1.82, 2.24) is 5.32 Å². The minimum absolute atomic E-state index is 0.0907.